The number of rotatable bonds is 12. The number of alkyl halides is 2. The van der Waals surface area contributed by atoms with Crippen molar-refractivity contribution in [3.8, 4) is 0 Å². The number of hydrogen-bond donors (Lipinski definition) is 4. The van der Waals surface area contributed by atoms with Crippen LogP contribution in [0, 0.1) is 5.92 Å². The monoisotopic (exact) mass is 566 g/mol. The first-order valence-electron chi connectivity index (χ1n) is 12.4. The van der Waals surface area contributed by atoms with Crippen LogP contribution in [-0.2, 0) is 14.4 Å². The lowest BCUT2D eigenvalue weighted by Crippen LogP contribution is -2.62. The van der Waals surface area contributed by atoms with Gasteiger partial charge in [-0.3, -0.25) is 9.59 Å². The first kappa shape index (κ1) is 31.0. The topological polar surface area (TPSA) is 170 Å². The summed E-state index contributed by atoms with van der Waals surface area (Å²) in [5.41, 5.74) is 17.3. The standard InChI is InChI=1S/C23H37Cl2N5O5S/c1-13-6-5-11-30(13,23(34)35)22(33)14(7-4-10-27)20(36)19(31)18-17(25)15(24)12-29(18)21(32)16(28)8-2-3-9-26/h13-18H,2-12,26-28H2,1H3/p+1/t13-,14?,15?,16+,17?,18+,30?/m1/s1. The number of likely N-dealkylation sites (tertiary alicyclic amines) is 2. The largest absolute Gasteiger partial charge is 0.521 e. The smallest absolute Gasteiger partial charge is 0.435 e. The highest BCUT2D eigenvalue weighted by molar-refractivity contribution is 7.82. The van der Waals surface area contributed by atoms with E-state index in [0.29, 0.717) is 45.1 Å². The average Bonchev–Trinajstić information content (AvgIpc) is 3.38. The second kappa shape index (κ2) is 13.5. The number of Topliss-reactive ketones (excluding diaryl/α,β-unsaturated/α-hetero) is 1. The minimum absolute atomic E-state index is 0.00569. The van der Waals surface area contributed by atoms with Gasteiger partial charge < -0.3 is 27.2 Å². The molecule has 7 atom stereocenters. The van der Waals surface area contributed by atoms with Crippen LogP contribution in [0.2, 0.25) is 0 Å². The molecule has 3 amide bonds. The molecule has 2 heterocycles. The number of carbonyl (C=O) groups is 4. The van der Waals surface area contributed by atoms with Crippen LogP contribution in [-0.4, -0.2) is 98.1 Å². The average molecular weight is 568 g/mol. The highest BCUT2D eigenvalue weighted by Crippen LogP contribution is 2.34. The van der Waals surface area contributed by atoms with Crippen molar-refractivity contribution in [2.45, 2.75) is 80.7 Å². The lowest BCUT2D eigenvalue weighted by Gasteiger charge is -2.34. The number of imide groups is 1. The van der Waals surface area contributed by atoms with Crippen LogP contribution in [0.1, 0.15) is 51.9 Å². The van der Waals surface area contributed by atoms with E-state index in [2.05, 4.69) is 0 Å². The van der Waals surface area contributed by atoms with Crippen LogP contribution < -0.4 is 17.2 Å². The molecule has 2 aliphatic rings. The molecule has 0 radical (unpaired) electrons. The molecule has 2 rings (SSSR count). The van der Waals surface area contributed by atoms with E-state index in [1.165, 1.54) is 4.90 Å². The molecule has 0 aromatic rings. The second-order valence-corrected chi connectivity index (χ2v) is 11.2. The van der Waals surface area contributed by atoms with Crippen LogP contribution >= 0.6 is 35.4 Å². The number of carboxylic acid groups (broad SMARTS) is 1. The van der Waals surface area contributed by atoms with Crippen molar-refractivity contribution in [1.82, 2.24) is 4.90 Å². The maximum atomic E-state index is 13.7. The summed E-state index contributed by atoms with van der Waals surface area (Å²) in [6.07, 6.45) is 2.07. The number of nitrogens with zero attached hydrogens (tertiary/aromatic N) is 2. The Morgan fingerprint density at radius 2 is 1.75 bits per heavy atom. The summed E-state index contributed by atoms with van der Waals surface area (Å²) in [5.74, 6) is -2.95. The van der Waals surface area contributed by atoms with E-state index in [-0.39, 0.29) is 30.9 Å². The molecule has 36 heavy (non-hydrogen) atoms. The summed E-state index contributed by atoms with van der Waals surface area (Å²) in [7, 11) is 0. The van der Waals surface area contributed by atoms with Gasteiger partial charge in [0.2, 0.25) is 5.91 Å². The first-order chi connectivity index (χ1) is 16.9. The highest BCUT2D eigenvalue weighted by atomic mass is 35.5. The summed E-state index contributed by atoms with van der Waals surface area (Å²) in [5, 5.41) is 8.37. The van der Waals surface area contributed by atoms with Crippen LogP contribution in [0.5, 0.6) is 0 Å². The van der Waals surface area contributed by atoms with Crippen molar-refractivity contribution in [2.24, 2.45) is 23.1 Å². The maximum Gasteiger partial charge on any atom is 0.521 e. The van der Waals surface area contributed by atoms with E-state index >= 15 is 0 Å². The Morgan fingerprint density at radius 1 is 1.11 bits per heavy atom. The van der Waals surface area contributed by atoms with Gasteiger partial charge in [-0.2, -0.15) is 9.28 Å². The van der Waals surface area contributed by atoms with Gasteiger partial charge in [0, 0.05) is 19.4 Å². The van der Waals surface area contributed by atoms with Gasteiger partial charge in [-0.1, -0.05) is 18.6 Å². The third-order valence-corrected chi connectivity index (χ3v) is 8.93. The first-order valence-corrected chi connectivity index (χ1v) is 13.7. The van der Waals surface area contributed by atoms with Crippen molar-refractivity contribution in [3.63, 3.8) is 0 Å². The number of hydrogen-bond acceptors (Lipinski definition) is 8. The van der Waals surface area contributed by atoms with E-state index in [1.54, 1.807) is 6.92 Å². The fourth-order valence-electron chi connectivity index (χ4n) is 5.20. The third kappa shape index (κ3) is 6.25. The van der Waals surface area contributed by atoms with Crippen LogP contribution in [0.25, 0.3) is 0 Å². The highest BCUT2D eigenvalue weighted by Gasteiger charge is 2.57. The predicted molar refractivity (Wildman–Crippen MR) is 142 cm³/mol. The summed E-state index contributed by atoms with van der Waals surface area (Å²) in [6.45, 7) is 2.54. The molecule has 0 bridgehead atoms. The van der Waals surface area contributed by atoms with Crippen molar-refractivity contribution in [1.29, 1.82) is 0 Å². The molecule has 0 aliphatic carbocycles. The summed E-state index contributed by atoms with van der Waals surface area (Å²) < 4.78 is -0.787. The Bertz CT molecular complexity index is 865. The summed E-state index contributed by atoms with van der Waals surface area (Å²) in [4.78, 5) is 53.9. The van der Waals surface area contributed by atoms with Gasteiger partial charge in [0.15, 0.2) is 5.78 Å². The molecule has 10 nitrogen and oxygen atoms in total. The van der Waals surface area contributed by atoms with E-state index < -0.39 is 63.0 Å². The van der Waals surface area contributed by atoms with Crippen LogP contribution in [0.3, 0.4) is 0 Å². The zero-order chi connectivity index (χ0) is 27.2. The molecule has 2 saturated heterocycles. The number of halogens is 2. The minimum atomic E-state index is -1.27. The van der Waals surface area contributed by atoms with Crippen molar-refractivity contribution in [3.05, 3.63) is 0 Å². The quantitative estimate of drug-likeness (QED) is 0.118. The molecular weight excluding hydrogens is 529 g/mol. The van der Waals surface area contributed by atoms with Gasteiger partial charge in [-0.05, 0) is 45.7 Å². The van der Waals surface area contributed by atoms with Crippen LogP contribution in [0.4, 0.5) is 4.79 Å². The lowest BCUT2D eigenvalue weighted by molar-refractivity contribution is -0.793. The third-order valence-electron chi connectivity index (χ3n) is 7.37. The molecule has 0 spiro atoms. The zero-order valence-corrected chi connectivity index (χ0v) is 22.9. The predicted octanol–water partition coefficient (Wildman–Crippen LogP) is 1.37. The van der Waals surface area contributed by atoms with Gasteiger partial charge in [0.1, 0.15) is 18.0 Å². The molecule has 2 aliphatic heterocycles. The summed E-state index contributed by atoms with van der Waals surface area (Å²) >= 11 is 18.4. The van der Waals surface area contributed by atoms with E-state index in [1.807, 2.05) is 0 Å². The molecular formula is C23H38Cl2N5O5S+. The minimum Gasteiger partial charge on any atom is -0.435 e. The maximum absolute atomic E-state index is 13.7. The molecule has 0 saturated carbocycles. The number of thiocarbonyl (C=S) groups is 1. The summed E-state index contributed by atoms with van der Waals surface area (Å²) in [6, 6.07) is -2.53. The van der Waals surface area contributed by atoms with E-state index in [9.17, 15) is 24.3 Å². The number of ketones is 1. The molecule has 0 aromatic heterocycles. The number of carbonyl (C=O) groups excluding carboxylic acids is 3. The molecule has 204 valence electrons. The van der Waals surface area contributed by atoms with E-state index in [0.717, 1.165) is 0 Å². The number of amides is 3. The Labute approximate surface area is 227 Å². The number of unbranched alkanes of at least 4 members (excludes halogenated alkanes) is 1. The Hall–Kier alpha value is -1.21. The Balaban J connectivity index is 2.35. The molecule has 0 aromatic carbocycles. The van der Waals surface area contributed by atoms with Crippen molar-refractivity contribution < 1.29 is 28.8 Å². The number of nitrogens with two attached hydrogens (primary N) is 3. The Morgan fingerprint density at radius 3 is 2.28 bits per heavy atom. The Kier molecular flexibility index (Phi) is 11.7. The lowest BCUT2D eigenvalue weighted by atomic mass is 9.90. The van der Waals surface area contributed by atoms with Crippen molar-refractivity contribution in [2.75, 3.05) is 26.2 Å². The normalized spacial score (nSPS) is 29.7. The molecule has 7 N–H and O–H groups in total. The van der Waals surface area contributed by atoms with Gasteiger partial charge in [0.25, 0.3) is 0 Å². The molecule has 13 heteroatoms. The van der Waals surface area contributed by atoms with E-state index in [4.69, 9.17) is 52.6 Å². The SMILES string of the molecule is C[C@@H]1CCC[N+]1(C(=O)O)C(=O)C(CCCN)C(=S)C(=O)[C@@H]1C(Cl)C(Cl)CN1C(=O)[C@@H](N)CCCCN. The fraction of sp³-hybridized carbons (Fsp3) is 0.783. The van der Waals surface area contributed by atoms with Crippen molar-refractivity contribution >= 4 is 64.0 Å². The van der Waals surface area contributed by atoms with Gasteiger partial charge in [0.05, 0.1) is 28.2 Å². The second-order valence-electron chi connectivity index (χ2n) is 9.70. The van der Waals surface area contributed by atoms with Gasteiger partial charge >= 0.3 is 12.0 Å². The van der Waals surface area contributed by atoms with Crippen LogP contribution in [0.15, 0.2) is 0 Å². The fourth-order valence-corrected chi connectivity index (χ4v) is 6.15. The van der Waals surface area contributed by atoms with Gasteiger partial charge in [-0.25, -0.2) is 4.79 Å². The molecule has 4 unspecified atom stereocenters. The zero-order valence-electron chi connectivity index (χ0n) is 20.6. The van der Waals surface area contributed by atoms with Gasteiger partial charge in [-0.15, -0.1) is 23.2 Å². The molecule has 2 fully saturated rings. The number of quaternary nitrogens is 1.